The van der Waals surface area contributed by atoms with E-state index < -0.39 is 21.5 Å². The highest BCUT2D eigenvalue weighted by molar-refractivity contribution is 7.91. The van der Waals surface area contributed by atoms with Crippen molar-refractivity contribution in [1.82, 2.24) is 14.8 Å². The van der Waals surface area contributed by atoms with E-state index >= 15 is 0 Å². The second-order valence-electron chi connectivity index (χ2n) is 8.08. The summed E-state index contributed by atoms with van der Waals surface area (Å²) in [5.74, 6) is -1.11. The molecule has 0 saturated heterocycles. The van der Waals surface area contributed by atoms with Gasteiger partial charge in [0.1, 0.15) is 5.69 Å². The van der Waals surface area contributed by atoms with E-state index in [1.165, 1.54) is 12.3 Å². The van der Waals surface area contributed by atoms with Crippen molar-refractivity contribution < 1.29 is 13.8 Å². The summed E-state index contributed by atoms with van der Waals surface area (Å²) in [6.45, 7) is 4.09. The molecule has 0 aliphatic heterocycles. The molecule has 34 heavy (non-hydrogen) atoms. The van der Waals surface area contributed by atoms with Crippen molar-refractivity contribution in [3.8, 4) is 0 Å². The van der Waals surface area contributed by atoms with Gasteiger partial charge in [0.15, 0.2) is 0 Å². The largest absolute Gasteiger partial charge is 0.364 e. The molecule has 2 aromatic carbocycles. The first-order chi connectivity index (χ1) is 16.0. The highest BCUT2D eigenvalue weighted by atomic mass is 32.2. The number of amides is 2. The predicted octanol–water partition coefficient (Wildman–Crippen LogP) is 3.48. The zero-order valence-corrected chi connectivity index (χ0v) is 19.8. The van der Waals surface area contributed by atoms with Gasteiger partial charge in [-0.15, -0.1) is 0 Å². The third-order valence-corrected chi connectivity index (χ3v) is 6.71. The summed E-state index contributed by atoms with van der Waals surface area (Å²) >= 11 is 0. The van der Waals surface area contributed by atoms with Gasteiger partial charge < -0.3 is 11.1 Å². The number of hydrogen-bond donors (Lipinski definition) is 3. The molecule has 4 aromatic rings. The Morgan fingerprint density at radius 1 is 1.12 bits per heavy atom. The maximum atomic E-state index is 13.2. The first-order valence-electron chi connectivity index (χ1n) is 10.4. The van der Waals surface area contributed by atoms with Crippen molar-refractivity contribution in [2.24, 2.45) is 5.73 Å². The van der Waals surface area contributed by atoms with Crippen molar-refractivity contribution >= 4 is 38.1 Å². The topological polar surface area (TPSA) is 144 Å². The van der Waals surface area contributed by atoms with Crippen molar-refractivity contribution in [2.75, 3.05) is 11.6 Å². The number of rotatable bonds is 6. The van der Waals surface area contributed by atoms with Gasteiger partial charge in [0, 0.05) is 16.5 Å². The van der Waals surface area contributed by atoms with E-state index in [2.05, 4.69) is 15.4 Å². The van der Waals surface area contributed by atoms with Gasteiger partial charge in [-0.05, 0) is 43.7 Å². The van der Waals surface area contributed by atoms with Crippen molar-refractivity contribution in [1.29, 1.82) is 4.78 Å². The van der Waals surface area contributed by atoms with Gasteiger partial charge in [-0.3, -0.25) is 14.3 Å². The summed E-state index contributed by atoms with van der Waals surface area (Å²) in [5, 5.41) is 8.08. The summed E-state index contributed by atoms with van der Waals surface area (Å²) < 4.78 is 21.4. The van der Waals surface area contributed by atoms with Gasteiger partial charge in [-0.2, -0.15) is 5.10 Å². The van der Waals surface area contributed by atoms with Gasteiger partial charge in [0.2, 0.25) is 0 Å². The number of fused-ring (bicyclic) bond motifs is 1. The van der Waals surface area contributed by atoms with Crippen LogP contribution in [0.3, 0.4) is 0 Å². The molecule has 0 aliphatic carbocycles. The molecule has 10 heteroatoms. The van der Waals surface area contributed by atoms with Gasteiger partial charge in [-0.25, -0.2) is 14.0 Å². The number of aryl methyl sites for hydroxylation is 1. The number of carbonyl (C=O) groups is 2. The molecule has 1 atom stereocenters. The van der Waals surface area contributed by atoms with Crippen LogP contribution in [0.15, 0.2) is 59.5 Å². The quantitative estimate of drug-likeness (QED) is 0.390. The number of nitrogens with one attached hydrogen (secondary N) is 2. The molecule has 174 valence electrons. The number of anilines is 1. The first kappa shape index (κ1) is 23.1. The van der Waals surface area contributed by atoms with Gasteiger partial charge >= 0.3 is 0 Å². The Bertz CT molecular complexity index is 1540. The zero-order chi connectivity index (χ0) is 24.6. The molecular formula is C24H24N6O3S. The lowest BCUT2D eigenvalue weighted by atomic mass is 10.1. The number of para-hydroxylation sites is 1. The summed E-state index contributed by atoms with van der Waals surface area (Å²) in [7, 11) is -2.77. The van der Waals surface area contributed by atoms with Crippen LogP contribution >= 0.6 is 0 Å². The van der Waals surface area contributed by atoms with Crippen LogP contribution in [0, 0.1) is 18.6 Å². The molecule has 9 nitrogen and oxygen atoms in total. The third-order valence-electron chi connectivity index (χ3n) is 5.54. The van der Waals surface area contributed by atoms with Crippen LogP contribution in [-0.2, 0) is 16.3 Å². The van der Waals surface area contributed by atoms with E-state index in [1.54, 1.807) is 48.0 Å². The van der Waals surface area contributed by atoms with E-state index in [0.29, 0.717) is 39.3 Å². The Balaban J connectivity index is 1.64. The molecule has 0 saturated carbocycles. The van der Waals surface area contributed by atoms with Crippen LogP contribution in [0.25, 0.3) is 10.9 Å². The SMILES string of the molecule is Cc1nn(Cc2ccc(S(C)(=N)=O)cc2)c(C)c1NC(=O)c1cc(C(N)=O)nc2ccccc12. The molecule has 1 unspecified atom stereocenters. The maximum absolute atomic E-state index is 13.2. The average Bonchev–Trinajstić information content (AvgIpc) is 3.05. The number of pyridine rings is 1. The molecule has 2 amide bonds. The van der Waals surface area contributed by atoms with E-state index in [9.17, 15) is 13.8 Å². The second kappa shape index (κ2) is 8.71. The fourth-order valence-electron chi connectivity index (χ4n) is 3.73. The number of benzene rings is 2. The van der Waals surface area contributed by atoms with E-state index in [4.69, 9.17) is 10.5 Å². The lowest BCUT2D eigenvalue weighted by Crippen LogP contribution is -2.18. The lowest BCUT2D eigenvalue weighted by molar-refractivity contribution is 0.0996. The van der Waals surface area contributed by atoms with Crippen LogP contribution in [0.1, 0.15) is 37.8 Å². The molecule has 4 N–H and O–H groups in total. The second-order valence-corrected chi connectivity index (χ2v) is 10.2. The smallest absolute Gasteiger partial charge is 0.267 e. The molecule has 0 fully saturated rings. The summed E-state index contributed by atoms with van der Waals surface area (Å²) in [6.07, 6.45) is 1.39. The highest BCUT2D eigenvalue weighted by Crippen LogP contribution is 2.24. The maximum Gasteiger partial charge on any atom is 0.267 e. The van der Waals surface area contributed by atoms with Crippen LogP contribution in [-0.4, -0.2) is 37.0 Å². The fourth-order valence-corrected chi connectivity index (χ4v) is 4.39. The minimum Gasteiger partial charge on any atom is -0.364 e. The van der Waals surface area contributed by atoms with Crippen LogP contribution in [0.5, 0.6) is 0 Å². The van der Waals surface area contributed by atoms with Gasteiger partial charge in [0.25, 0.3) is 11.8 Å². The monoisotopic (exact) mass is 476 g/mol. The van der Waals surface area contributed by atoms with Crippen molar-refractivity contribution in [3.63, 3.8) is 0 Å². The van der Waals surface area contributed by atoms with E-state index in [1.807, 2.05) is 19.1 Å². The first-order valence-corrected chi connectivity index (χ1v) is 12.4. The number of nitrogens with two attached hydrogens (primary N) is 1. The van der Waals surface area contributed by atoms with Crippen LogP contribution < -0.4 is 11.1 Å². The van der Waals surface area contributed by atoms with Gasteiger partial charge in [0.05, 0.1) is 44.4 Å². The molecule has 0 bridgehead atoms. The minimum absolute atomic E-state index is 0.0140. The predicted molar refractivity (Wildman–Crippen MR) is 131 cm³/mol. The molecule has 0 aliphatic rings. The van der Waals surface area contributed by atoms with Crippen LogP contribution in [0.2, 0.25) is 0 Å². The lowest BCUT2D eigenvalue weighted by Gasteiger charge is -2.10. The number of primary amides is 1. The Morgan fingerprint density at radius 2 is 1.79 bits per heavy atom. The molecule has 0 radical (unpaired) electrons. The molecular weight excluding hydrogens is 452 g/mol. The number of aromatic nitrogens is 3. The van der Waals surface area contributed by atoms with Crippen LogP contribution in [0.4, 0.5) is 5.69 Å². The average molecular weight is 477 g/mol. The Labute approximate surface area is 197 Å². The normalized spacial score (nSPS) is 12.9. The minimum atomic E-state index is -2.77. The molecule has 4 rings (SSSR count). The Kier molecular flexibility index (Phi) is 5.92. The molecule has 2 heterocycles. The van der Waals surface area contributed by atoms with Crippen molar-refractivity contribution in [3.05, 3.63) is 82.8 Å². The summed E-state index contributed by atoms with van der Waals surface area (Å²) in [5.41, 5.74) is 9.10. The summed E-state index contributed by atoms with van der Waals surface area (Å²) in [6, 6.07) is 15.4. The highest BCUT2D eigenvalue weighted by Gasteiger charge is 2.19. The number of carbonyl (C=O) groups excluding carboxylic acids is 2. The fraction of sp³-hybridized carbons (Fsp3) is 0.167. The molecule has 0 spiro atoms. The zero-order valence-electron chi connectivity index (χ0n) is 19.0. The standard InChI is InChI=1S/C24H24N6O3S/c1-14-22(15(2)30(29-14)13-16-8-10-17(11-9-16)34(3,26)33)28-24(32)19-12-21(23(25)31)27-20-7-5-4-6-18(19)20/h4-12,26H,13H2,1-3H3,(H2,25,31)(H,28,32). The Hall–Kier alpha value is -4.05. The Morgan fingerprint density at radius 3 is 2.44 bits per heavy atom. The van der Waals surface area contributed by atoms with Gasteiger partial charge in [-0.1, -0.05) is 30.3 Å². The number of hydrogen-bond acceptors (Lipinski definition) is 6. The van der Waals surface area contributed by atoms with E-state index in [-0.39, 0.29) is 5.69 Å². The summed E-state index contributed by atoms with van der Waals surface area (Å²) in [4.78, 5) is 29.7. The third kappa shape index (κ3) is 4.53. The number of nitrogens with zero attached hydrogens (tertiary/aromatic N) is 3. The van der Waals surface area contributed by atoms with E-state index in [0.717, 1.165) is 11.3 Å². The molecule has 2 aromatic heterocycles. The van der Waals surface area contributed by atoms with Crippen molar-refractivity contribution in [2.45, 2.75) is 25.3 Å².